The third-order valence-corrected chi connectivity index (χ3v) is 3.68. The summed E-state index contributed by atoms with van der Waals surface area (Å²) in [5, 5.41) is 10.9. The van der Waals surface area contributed by atoms with Crippen molar-refractivity contribution < 1.29 is 4.92 Å². The molecule has 0 amide bonds. The molecule has 1 aromatic heterocycles. The molecule has 6 nitrogen and oxygen atoms in total. The summed E-state index contributed by atoms with van der Waals surface area (Å²) in [5.41, 5.74) is 7.47. The summed E-state index contributed by atoms with van der Waals surface area (Å²) in [5.74, 6) is 0. The van der Waals surface area contributed by atoms with E-state index in [1.165, 1.54) is 12.1 Å². The third-order valence-electron chi connectivity index (χ3n) is 3.68. The van der Waals surface area contributed by atoms with E-state index in [0.717, 1.165) is 12.8 Å². The van der Waals surface area contributed by atoms with E-state index in [-0.39, 0.29) is 23.8 Å². The van der Waals surface area contributed by atoms with Crippen LogP contribution in [0.4, 0.5) is 5.69 Å². The minimum Gasteiger partial charge on any atom is -0.326 e. The number of aromatic nitrogens is 1. The van der Waals surface area contributed by atoms with Crippen molar-refractivity contribution in [1.82, 2.24) is 4.57 Å². The Bertz CT molecular complexity index is 763. The lowest BCUT2D eigenvalue weighted by Crippen LogP contribution is -2.25. The van der Waals surface area contributed by atoms with Crippen molar-refractivity contribution in [2.75, 3.05) is 0 Å². The van der Waals surface area contributed by atoms with Gasteiger partial charge in [0.2, 0.25) is 0 Å². The molecule has 0 bridgehead atoms. The van der Waals surface area contributed by atoms with Gasteiger partial charge in [0.1, 0.15) is 0 Å². The quantitative estimate of drug-likeness (QED) is 0.688. The zero-order chi connectivity index (χ0) is 15.0. The predicted molar refractivity (Wildman–Crippen MR) is 79.0 cm³/mol. The Balaban J connectivity index is 2.18. The van der Waals surface area contributed by atoms with E-state index in [1.807, 2.05) is 6.07 Å². The highest BCUT2D eigenvalue weighted by atomic mass is 16.6. The van der Waals surface area contributed by atoms with E-state index in [4.69, 9.17) is 5.73 Å². The molecule has 0 radical (unpaired) electrons. The lowest BCUT2D eigenvalue weighted by Gasteiger charge is -2.13. The van der Waals surface area contributed by atoms with E-state index in [0.29, 0.717) is 16.8 Å². The van der Waals surface area contributed by atoms with Gasteiger partial charge in [0.05, 0.1) is 10.6 Å². The first-order chi connectivity index (χ1) is 10.1. The van der Waals surface area contributed by atoms with Gasteiger partial charge in [-0.3, -0.25) is 14.9 Å². The average molecular weight is 285 g/mol. The van der Waals surface area contributed by atoms with Crippen LogP contribution in [-0.2, 0) is 6.54 Å². The largest absolute Gasteiger partial charge is 0.326 e. The number of nitro groups is 1. The second-order valence-electron chi connectivity index (χ2n) is 5.16. The number of non-ortho nitro benzene ring substituents is 1. The molecule has 108 valence electrons. The van der Waals surface area contributed by atoms with E-state index >= 15 is 0 Å². The first-order valence-corrected chi connectivity index (χ1v) is 6.81. The van der Waals surface area contributed by atoms with Crippen LogP contribution in [0.5, 0.6) is 0 Å². The number of nitro benzene ring substituents is 1. The van der Waals surface area contributed by atoms with Gasteiger partial charge in [-0.2, -0.15) is 0 Å². The van der Waals surface area contributed by atoms with Crippen LogP contribution in [0, 0.1) is 10.1 Å². The molecule has 1 aliphatic rings. The number of nitrogens with zero attached hydrogens (tertiary/aromatic N) is 2. The molecular formula is C15H15N3O3. The van der Waals surface area contributed by atoms with Crippen LogP contribution in [0.3, 0.4) is 0 Å². The Morgan fingerprint density at radius 1 is 1.29 bits per heavy atom. The standard InChI is InChI=1S/C15H15N3O3/c16-9-11-4-7-14(17(15(11)19)12-5-6-12)10-2-1-3-13(8-10)18(20)21/h1-4,7-8,12H,5-6,9,16H2. The lowest BCUT2D eigenvalue weighted by atomic mass is 10.1. The molecule has 2 N–H and O–H groups in total. The summed E-state index contributed by atoms with van der Waals surface area (Å²) in [7, 11) is 0. The number of hydrogen-bond acceptors (Lipinski definition) is 4. The number of benzene rings is 1. The summed E-state index contributed by atoms with van der Waals surface area (Å²) in [6, 6.07) is 10.1. The van der Waals surface area contributed by atoms with Crippen molar-refractivity contribution in [1.29, 1.82) is 0 Å². The second-order valence-corrected chi connectivity index (χ2v) is 5.16. The van der Waals surface area contributed by atoms with Gasteiger partial charge in [0.15, 0.2) is 0 Å². The van der Waals surface area contributed by atoms with Crippen LogP contribution < -0.4 is 11.3 Å². The van der Waals surface area contributed by atoms with Gasteiger partial charge in [0, 0.05) is 35.8 Å². The first-order valence-electron chi connectivity index (χ1n) is 6.81. The number of nitrogens with two attached hydrogens (primary N) is 1. The molecular weight excluding hydrogens is 270 g/mol. The van der Waals surface area contributed by atoms with Crippen LogP contribution in [-0.4, -0.2) is 9.49 Å². The maximum atomic E-state index is 12.4. The second kappa shape index (κ2) is 5.14. The summed E-state index contributed by atoms with van der Waals surface area (Å²) in [4.78, 5) is 22.9. The van der Waals surface area contributed by atoms with Gasteiger partial charge in [-0.1, -0.05) is 18.2 Å². The molecule has 6 heteroatoms. The molecule has 0 unspecified atom stereocenters. The van der Waals surface area contributed by atoms with Crippen LogP contribution in [0.15, 0.2) is 41.2 Å². The van der Waals surface area contributed by atoms with E-state index in [9.17, 15) is 14.9 Å². The number of hydrogen-bond donors (Lipinski definition) is 1. The normalized spacial score (nSPS) is 14.1. The fourth-order valence-electron chi connectivity index (χ4n) is 2.46. The smallest absolute Gasteiger partial charge is 0.270 e. The van der Waals surface area contributed by atoms with E-state index in [1.54, 1.807) is 22.8 Å². The Morgan fingerprint density at radius 3 is 2.67 bits per heavy atom. The molecule has 1 fully saturated rings. The molecule has 1 aliphatic carbocycles. The Morgan fingerprint density at radius 2 is 2.05 bits per heavy atom. The molecule has 21 heavy (non-hydrogen) atoms. The molecule has 1 aromatic carbocycles. The van der Waals surface area contributed by atoms with Crippen molar-refractivity contribution >= 4 is 5.69 Å². The Kier molecular flexibility index (Phi) is 3.31. The first kappa shape index (κ1) is 13.5. The molecule has 1 heterocycles. The van der Waals surface area contributed by atoms with Gasteiger partial charge < -0.3 is 10.3 Å². The van der Waals surface area contributed by atoms with Crippen molar-refractivity contribution in [2.45, 2.75) is 25.4 Å². The number of rotatable bonds is 4. The van der Waals surface area contributed by atoms with E-state index < -0.39 is 4.92 Å². The number of pyridine rings is 1. The monoisotopic (exact) mass is 285 g/mol. The van der Waals surface area contributed by atoms with Gasteiger partial charge in [-0.15, -0.1) is 0 Å². The molecule has 0 atom stereocenters. The van der Waals surface area contributed by atoms with Crippen LogP contribution in [0.2, 0.25) is 0 Å². The SMILES string of the molecule is NCc1ccc(-c2cccc([N+](=O)[O-])c2)n(C2CC2)c1=O. The highest BCUT2D eigenvalue weighted by Gasteiger charge is 2.28. The van der Waals surface area contributed by atoms with Gasteiger partial charge in [-0.05, 0) is 18.9 Å². The molecule has 1 saturated carbocycles. The predicted octanol–water partition coefficient (Wildman–Crippen LogP) is 2.22. The van der Waals surface area contributed by atoms with Gasteiger partial charge >= 0.3 is 0 Å². The molecule has 0 aliphatic heterocycles. The average Bonchev–Trinajstić information content (AvgIpc) is 3.31. The summed E-state index contributed by atoms with van der Waals surface area (Å²) in [6.45, 7) is 0.195. The zero-order valence-electron chi connectivity index (χ0n) is 11.4. The minimum atomic E-state index is -0.433. The van der Waals surface area contributed by atoms with Crippen LogP contribution in [0.25, 0.3) is 11.3 Å². The van der Waals surface area contributed by atoms with Crippen molar-refractivity contribution in [3.8, 4) is 11.3 Å². The summed E-state index contributed by atoms with van der Waals surface area (Å²) >= 11 is 0. The Labute approximate surface area is 121 Å². The maximum Gasteiger partial charge on any atom is 0.270 e. The maximum absolute atomic E-state index is 12.4. The topological polar surface area (TPSA) is 91.2 Å². The third kappa shape index (κ3) is 2.45. The molecule has 0 spiro atoms. The zero-order valence-corrected chi connectivity index (χ0v) is 11.4. The van der Waals surface area contributed by atoms with Crippen molar-refractivity contribution in [3.05, 3.63) is 62.4 Å². The van der Waals surface area contributed by atoms with Crippen LogP contribution in [0.1, 0.15) is 24.4 Å². The summed E-state index contributed by atoms with van der Waals surface area (Å²) in [6.07, 6.45) is 1.91. The lowest BCUT2D eigenvalue weighted by molar-refractivity contribution is -0.384. The fourth-order valence-corrected chi connectivity index (χ4v) is 2.46. The van der Waals surface area contributed by atoms with Crippen molar-refractivity contribution in [3.63, 3.8) is 0 Å². The van der Waals surface area contributed by atoms with Gasteiger partial charge in [-0.25, -0.2) is 0 Å². The molecule has 2 aromatic rings. The fraction of sp³-hybridized carbons (Fsp3) is 0.267. The van der Waals surface area contributed by atoms with Crippen LogP contribution >= 0.6 is 0 Å². The highest BCUT2D eigenvalue weighted by molar-refractivity contribution is 5.63. The highest BCUT2D eigenvalue weighted by Crippen LogP contribution is 2.37. The minimum absolute atomic E-state index is 0.0187. The summed E-state index contributed by atoms with van der Waals surface area (Å²) < 4.78 is 1.72. The molecule has 3 rings (SSSR count). The Hall–Kier alpha value is -2.47. The van der Waals surface area contributed by atoms with Crippen molar-refractivity contribution in [2.24, 2.45) is 5.73 Å². The van der Waals surface area contributed by atoms with E-state index in [2.05, 4.69) is 0 Å². The van der Waals surface area contributed by atoms with Gasteiger partial charge in [0.25, 0.3) is 11.2 Å². The molecule has 0 saturated heterocycles.